The van der Waals surface area contributed by atoms with Crippen LogP contribution in [0.4, 0.5) is 5.69 Å². The number of aryl methyl sites for hydroxylation is 1. The molecule has 26 heavy (non-hydrogen) atoms. The lowest BCUT2D eigenvalue weighted by atomic mass is 10.1. The van der Waals surface area contributed by atoms with E-state index in [2.05, 4.69) is 37.0 Å². The summed E-state index contributed by atoms with van der Waals surface area (Å²) in [4.78, 5) is 24.9. The Morgan fingerprint density at radius 3 is 2.69 bits per heavy atom. The van der Waals surface area contributed by atoms with E-state index >= 15 is 0 Å². The first kappa shape index (κ1) is 17.2. The quantitative estimate of drug-likeness (QED) is 0.745. The number of carbonyl (C=O) groups excluding carboxylic acids is 1. The largest absolute Gasteiger partial charge is 0.318 e. The van der Waals surface area contributed by atoms with Gasteiger partial charge in [-0.2, -0.15) is 5.10 Å². The van der Waals surface area contributed by atoms with Gasteiger partial charge in [-0.05, 0) is 37.1 Å². The molecule has 3 aromatic heterocycles. The van der Waals surface area contributed by atoms with Gasteiger partial charge in [0.15, 0.2) is 5.69 Å². The molecule has 7 nitrogen and oxygen atoms in total. The van der Waals surface area contributed by atoms with Crippen molar-refractivity contribution < 1.29 is 4.79 Å². The number of H-pyrrole nitrogens is 1. The van der Waals surface area contributed by atoms with Crippen LogP contribution in [0.25, 0.3) is 18.2 Å². The Labute approximate surface area is 150 Å². The van der Waals surface area contributed by atoms with Crippen LogP contribution in [0.15, 0.2) is 43.0 Å². The summed E-state index contributed by atoms with van der Waals surface area (Å²) in [6.45, 7) is 7.62. The topological polar surface area (TPSA) is 96.5 Å². The predicted octanol–water partition coefficient (Wildman–Crippen LogP) is 1.45. The maximum Gasteiger partial charge on any atom is 0.276 e. The van der Waals surface area contributed by atoms with Gasteiger partial charge < -0.3 is 5.32 Å². The summed E-state index contributed by atoms with van der Waals surface area (Å²) < 4.78 is 0. The van der Waals surface area contributed by atoms with E-state index in [1.165, 1.54) is 0 Å². The Morgan fingerprint density at radius 1 is 1.27 bits per heavy atom. The van der Waals surface area contributed by atoms with Crippen LogP contribution in [0.1, 0.15) is 28.8 Å². The van der Waals surface area contributed by atoms with Crippen molar-refractivity contribution in [3.05, 3.63) is 70.6 Å². The minimum atomic E-state index is -0.364. The van der Waals surface area contributed by atoms with Gasteiger partial charge in [0.05, 0.1) is 23.4 Å². The fourth-order valence-corrected chi connectivity index (χ4v) is 2.39. The monoisotopic (exact) mass is 346 g/mol. The second-order valence-corrected chi connectivity index (χ2v) is 5.57. The highest BCUT2D eigenvalue weighted by molar-refractivity contribution is 6.03. The zero-order chi connectivity index (χ0) is 18.5. The molecule has 0 aliphatic heterocycles. The molecule has 0 aromatic carbocycles. The molecule has 0 unspecified atom stereocenters. The highest BCUT2D eigenvalue weighted by atomic mass is 16.1. The van der Waals surface area contributed by atoms with Gasteiger partial charge in [0.1, 0.15) is 5.82 Å². The molecular formula is C19H18N6O. The van der Waals surface area contributed by atoms with E-state index in [0.29, 0.717) is 22.1 Å². The SMILES string of the molecule is C=c1[nH]nc(C(=O)Nc2cnc(C)nc2)/c1=C/C(=C\C)c1cccnc1. The number of nitrogens with zero attached hydrogens (tertiary/aromatic N) is 4. The summed E-state index contributed by atoms with van der Waals surface area (Å²) >= 11 is 0. The van der Waals surface area contributed by atoms with Crippen LogP contribution in [0.3, 0.4) is 0 Å². The minimum Gasteiger partial charge on any atom is -0.318 e. The Kier molecular flexibility index (Phi) is 4.98. The van der Waals surface area contributed by atoms with Gasteiger partial charge >= 0.3 is 0 Å². The van der Waals surface area contributed by atoms with E-state index < -0.39 is 0 Å². The fourth-order valence-electron chi connectivity index (χ4n) is 2.39. The minimum absolute atomic E-state index is 0.249. The highest BCUT2D eigenvalue weighted by Gasteiger charge is 2.13. The molecule has 0 radical (unpaired) electrons. The lowest BCUT2D eigenvalue weighted by molar-refractivity contribution is 0.102. The molecule has 0 fully saturated rings. The third-order valence-electron chi connectivity index (χ3n) is 3.74. The van der Waals surface area contributed by atoms with Gasteiger partial charge in [0, 0.05) is 17.6 Å². The first-order valence-electron chi connectivity index (χ1n) is 8.00. The number of hydrogen-bond donors (Lipinski definition) is 2. The molecule has 0 spiro atoms. The Morgan fingerprint density at radius 2 is 2.04 bits per heavy atom. The molecule has 0 saturated heterocycles. The summed E-state index contributed by atoms with van der Waals surface area (Å²) in [6.07, 6.45) is 10.4. The molecule has 3 aromatic rings. The Balaban J connectivity index is 1.97. The summed E-state index contributed by atoms with van der Waals surface area (Å²) in [7, 11) is 0. The number of rotatable bonds is 4. The van der Waals surface area contributed by atoms with Crippen molar-refractivity contribution in [1.29, 1.82) is 0 Å². The van der Waals surface area contributed by atoms with Crippen molar-refractivity contribution in [2.75, 3.05) is 5.32 Å². The van der Waals surface area contributed by atoms with Crippen molar-refractivity contribution in [2.24, 2.45) is 0 Å². The zero-order valence-corrected chi connectivity index (χ0v) is 14.5. The summed E-state index contributed by atoms with van der Waals surface area (Å²) in [5.74, 6) is 0.266. The fraction of sp³-hybridized carbons (Fsp3) is 0.105. The van der Waals surface area contributed by atoms with Gasteiger partial charge in [-0.15, -0.1) is 0 Å². The number of amides is 1. The van der Waals surface area contributed by atoms with Crippen LogP contribution in [0.2, 0.25) is 0 Å². The lowest BCUT2D eigenvalue weighted by Crippen LogP contribution is -2.28. The first-order chi connectivity index (χ1) is 12.6. The second-order valence-electron chi connectivity index (χ2n) is 5.57. The summed E-state index contributed by atoms with van der Waals surface area (Å²) in [5.41, 5.74) is 2.60. The van der Waals surface area contributed by atoms with Crippen LogP contribution in [-0.2, 0) is 0 Å². The van der Waals surface area contributed by atoms with Crippen molar-refractivity contribution in [2.45, 2.75) is 13.8 Å². The van der Waals surface area contributed by atoms with Gasteiger partial charge in [-0.1, -0.05) is 18.7 Å². The van der Waals surface area contributed by atoms with Crippen LogP contribution < -0.4 is 15.9 Å². The molecule has 0 aliphatic carbocycles. The zero-order valence-electron chi connectivity index (χ0n) is 14.5. The van der Waals surface area contributed by atoms with Crippen molar-refractivity contribution in [1.82, 2.24) is 25.1 Å². The molecule has 1 amide bonds. The van der Waals surface area contributed by atoms with Gasteiger partial charge in [-0.25, -0.2) is 9.97 Å². The second kappa shape index (κ2) is 7.52. The van der Waals surface area contributed by atoms with E-state index in [0.717, 1.165) is 11.1 Å². The van der Waals surface area contributed by atoms with Crippen molar-refractivity contribution >= 4 is 29.8 Å². The average molecular weight is 346 g/mol. The summed E-state index contributed by atoms with van der Waals surface area (Å²) in [5, 5.41) is 10.8. The third-order valence-corrected chi connectivity index (χ3v) is 3.74. The number of carbonyl (C=O) groups is 1. The number of anilines is 1. The molecule has 0 bridgehead atoms. The van der Waals surface area contributed by atoms with Gasteiger partial charge in [-0.3, -0.25) is 14.9 Å². The van der Waals surface area contributed by atoms with E-state index in [1.807, 2.05) is 31.2 Å². The molecule has 0 aliphatic rings. The Hall–Kier alpha value is -3.61. The average Bonchev–Trinajstić information content (AvgIpc) is 3.03. The normalized spacial score (nSPS) is 12.2. The molecule has 0 atom stereocenters. The maximum absolute atomic E-state index is 12.6. The number of aromatic amines is 1. The van der Waals surface area contributed by atoms with Crippen molar-refractivity contribution in [3.63, 3.8) is 0 Å². The molecule has 130 valence electrons. The standard InChI is InChI=1S/C19H18N6O/c1-4-14(15-6-5-7-20-9-15)8-17-12(2)24-25-18(17)19(26)23-16-10-21-13(3)22-11-16/h4-11,24H,2H2,1,3H3,(H,23,26)/b14-4+,17-8+. The van der Waals surface area contributed by atoms with E-state index in [9.17, 15) is 4.79 Å². The maximum atomic E-state index is 12.6. The number of allylic oxidation sites excluding steroid dienone is 2. The number of nitrogens with one attached hydrogen (secondary N) is 2. The summed E-state index contributed by atoms with van der Waals surface area (Å²) in [6, 6.07) is 3.81. The molecule has 0 saturated carbocycles. The lowest BCUT2D eigenvalue weighted by Gasteiger charge is -2.03. The smallest absolute Gasteiger partial charge is 0.276 e. The third kappa shape index (κ3) is 3.72. The predicted molar refractivity (Wildman–Crippen MR) is 100 cm³/mol. The van der Waals surface area contributed by atoms with Gasteiger partial charge in [0.2, 0.25) is 0 Å². The highest BCUT2D eigenvalue weighted by Crippen LogP contribution is 2.14. The van der Waals surface area contributed by atoms with E-state index in [4.69, 9.17) is 0 Å². The Bertz CT molecular complexity index is 1050. The number of aromatic nitrogens is 5. The molecule has 3 heterocycles. The number of pyridine rings is 1. The van der Waals surface area contributed by atoms with E-state index in [-0.39, 0.29) is 11.6 Å². The molecule has 7 heteroatoms. The van der Waals surface area contributed by atoms with Crippen LogP contribution in [0, 0.1) is 6.92 Å². The van der Waals surface area contributed by atoms with Crippen LogP contribution in [0.5, 0.6) is 0 Å². The van der Waals surface area contributed by atoms with Crippen molar-refractivity contribution in [3.8, 4) is 0 Å². The van der Waals surface area contributed by atoms with Crippen LogP contribution in [-0.4, -0.2) is 31.1 Å². The first-order valence-corrected chi connectivity index (χ1v) is 8.00. The van der Waals surface area contributed by atoms with Crippen LogP contribution >= 0.6 is 0 Å². The molecular weight excluding hydrogens is 328 g/mol. The number of hydrogen-bond acceptors (Lipinski definition) is 5. The molecule has 2 N–H and O–H groups in total. The van der Waals surface area contributed by atoms with Gasteiger partial charge in [0.25, 0.3) is 5.91 Å². The van der Waals surface area contributed by atoms with E-state index in [1.54, 1.807) is 31.7 Å². The molecule has 3 rings (SSSR count).